The molecule has 0 spiro atoms. The van der Waals surface area contributed by atoms with E-state index in [9.17, 15) is 4.55 Å². The molecule has 0 aromatic carbocycles. The minimum Gasteiger partial charge on any atom is -0.591 e. The van der Waals surface area contributed by atoms with Gasteiger partial charge < -0.3 is 15.0 Å². The van der Waals surface area contributed by atoms with E-state index in [0.717, 1.165) is 21.0 Å². The lowest BCUT2D eigenvalue weighted by Gasteiger charge is -2.29. The van der Waals surface area contributed by atoms with Gasteiger partial charge in [0, 0.05) is 28.4 Å². The van der Waals surface area contributed by atoms with E-state index in [2.05, 4.69) is 16.8 Å². The number of halogens is 1. The van der Waals surface area contributed by atoms with Crippen molar-refractivity contribution in [3.63, 3.8) is 0 Å². The highest BCUT2D eigenvalue weighted by Gasteiger charge is 2.40. The molecule has 1 saturated heterocycles. The Bertz CT molecular complexity index is 910. The summed E-state index contributed by atoms with van der Waals surface area (Å²) in [5.41, 5.74) is 7.19. The molecular formula is C17H18ClN5O2S2. The number of guanidine groups is 1. The van der Waals surface area contributed by atoms with Crippen LogP contribution in [-0.4, -0.2) is 45.6 Å². The number of anilines is 1. The van der Waals surface area contributed by atoms with Crippen molar-refractivity contribution >= 4 is 45.3 Å². The van der Waals surface area contributed by atoms with E-state index in [1.54, 1.807) is 19.3 Å². The SMILES string of the molecule is CC#Cc1cncc(-c2cc(Cl)c(N3COCC3[S+]([O-])N(C)C(=N)N)s2)c1. The van der Waals surface area contributed by atoms with Crippen LogP contribution in [0, 0.1) is 17.3 Å². The Morgan fingerprint density at radius 1 is 1.56 bits per heavy atom. The number of nitrogens with two attached hydrogens (primary N) is 1. The maximum atomic E-state index is 12.7. The third-order valence-corrected chi connectivity index (χ3v) is 7.12. The van der Waals surface area contributed by atoms with Crippen LogP contribution in [0.2, 0.25) is 5.02 Å². The summed E-state index contributed by atoms with van der Waals surface area (Å²) in [5.74, 6) is 5.58. The Kier molecular flexibility index (Phi) is 6.14. The molecule has 142 valence electrons. The van der Waals surface area contributed by atoms with Crippen molar-refractivity contribution in [3.8, 4) is 22.3 Å². The van der Waals surface area contributed by atoms with Crippen LogP contribution < -0.4 is 10.6 Å². The summed E-state index contributed by atoms with van der Waals surface area (Å²) < 4.78 is 19.4. The predicted molar refractivity (Wildman–Crippen MR) is 110 cm³/mol. The fraction of sp³-hybridized carbons (Fsp3) is 0.294. The lowest BCUT2D eigenvalue weighted by atomic mass is 10.2. The second-order valence-corrected chi connectivity index (χ2v) is 8.77. The molecule has 3 rings (SSSR count). The number of thiophene rings is 1. The van der Waals surface area contributed by atoms with Gasteiger partial charge in [0.2, 0.25) is 11.3 Å². The van der Waals surface area contributed by atoms with E-state index in [1.807, 2.05) is 17.0 Å². The first-order valence-corrected chi connectivity index (χ1v) is 10.3. The Hall–Kier alpha value is -1.96. The van der Waals surface area contributed by atoms with E-state index in [1.165, 1.54) is 22.7 Å². The van der Waals surface area contributed by atoms with Crippen LogP contribution in [-0.2, 0) is 16.1 Å². The summed E-state index contributed by atoms with van der Waals surface area (Å²) >= 11 is 6.39. The van der Waals surface area contributed by atoms with Gasteiger partial charge in [-0.2, -0.15) is 4.31 Å². The molecule has 0 saturated carbocycles. The molecule has 1 fully saturated rings. The van der Waals surface area contributed by atoms with Crippen LogP contribution in [0.3, 0.4) is 0 Å². The fourth-order valence-electron chi connectivity index (χ4n) is 2.55. The molecule has 3 heterocycles. The second kappa shape index (κ2) is 8.37. The molecule has 2 atom stereocenters. The molecule has 0 radical (unpaired) electrons. The van der Waals surface area contributed by atoms with Gasteiger partial charge in [0.15, 0.2) is 0 Å². The number of nitrogens with one attached hydrogen (secondary N) is 1. The number of hydrogen-bond acceptors (Lipinski definition) is 6. The maximum Gasteiger partial charge on any atom is 0.239 e. The summed E-state index contributed by atoms with van der Waals surface area (Å²) in [6.45, 7) is 2.30. The second-order valence-electron chi connectivity index (χ2n) is 5.68. The van der Waals surface area contributed by atoms with E-state index in [4.69, 9.17) is 27.5 Å². The van der Waals surface area contributed by atoms with Crippen molar-refractivity contribution in [1.29, 1.82) is 5.41 Å². The molecule has 3 N–H and O–H groups in total. The van der Waals surface area contributed by atoms with Crippen molar-refractivity contribution in [2.45, 2.75) is 12.3 Å². The highest BCUT2D eigenvalue weighted by Crippen LogP contribution is 2.43. The molecule has 2 aromatic rings. The average molecular weight is 424 g/mol. The lowest BCUT2D eigenvalue weighted by molar-refractivity contribution is 0.198. The number of rotatable bonds is 4. The van der Waals surface area contributed by atoms with E-state index >= 15 is 0 Å². The van der Waals surface area contributed by atoms with Gasteiger partial charge in [0.1, 0.15) is 18.3 Å². The van der Waals surface area contributed by atoms with Gasteiger partial charge in [0.05, 0.1) is 23.4 Å². The van der Waals surface area contributed by atoms with Crippen LogP contribution in [0.5, 0.6) is 0 Å². The standard InChI is InChI=1S/C17H18ClN5O2S2/c1-3-4-11-5-12(8-21-7-11)14-6-13(18)16(26-14)23-10-25-9-15(23)27(24)22(2)17(19)20/h5-8,15H,9-10H2,1-2H3,(H3,19,20). The topological polar surface area (TPSA) is 102 Å². The lowest BCUT2D eigenvalue weighted by Crippen LogP contribution is -2.49. The van der Waals surface area contributed by atoms with Gasteiger partial charge in [0.25, 0.3) is 0 Å². The minimum absolute atomic E-state index is 0.261. The summed E-state index contributed by atoms with van der Waals surface area (Å²) in [6, 6.07) is 3.81. The first kappa shape index (κ1) is 19.8. The third-order valence-electron chi connectivity index (χ3n) is 3.90. The summed E-state index contributed by atoms with van der Waals surface area (Å²) in [5, 5.41) is 8.31. The molecule has 2 unspecified atom stereocenters. The van der Waals surface area contributed by atoms with Gasteiger partial charge in [-0.1, -0.05) is 17.5 Å². The first-order chi connectivity index (χ1) is 12.9. The largest absolute Gasteiger partial charge is 0.591 e. The van der Waals surface area contributed by atoms with Crippen molar-refractivity contribution in [2.75, 3.05) is 25.3 Å². The van der Waals surface area contributed by atoms with Gasteiger partial charge in [-0.25, -0.2) is 0 Å². The van der Waals surface area contributed by atoms with Crippen LogP contribution >= 0.6 is 22.9 Å². The fourth-order valence-corrected chi connectivity index (χ4v) is 5.23. The monoisotopic (exact) mass is 423 g/mol. The highest BCUT2D eigenvalue weighted by molar-refractivity contribution is 7.90. The number of nitrogens with zero attached hydrogens (tertiary/aromatic N) is 3. The molecule has 10 heteroatoms. The Morgan fingerprint density at radius 2 is 2.33 bits per heavy atom. The van der Waals surface area contributed by atoms with Crippen LogP contribution in [0.15, 0.2) is 24.5 Å². The Balaban J connectivity index is 1.90. The number of aromatic nitrogens is 1. The van der Waals surface area contributed by atoms with E-state index in [0.29, 0.717) is 5.02 Å². The summed E-state index contributed by atoms with van der Waals surface area (Å²) in [7, 11) is 1.52. The molecule has 27 heavy (non-hydrogen) atoms. The predicted octanol–water partition coefficient (Wildman–Crippen LogP) is 2.44. The quantitative estimate of drug-likeness (QED) is 0.339. The zero-order chi connectivity index (χ0) is 19.6. The molecule has 1 aliphatic rings. The number of ether oxygens (including phenoxy) is 1. The van der Waals surface area contributed by atoms with E-state index in [-0.39, 0.29) is 19.3 Å². The normalized spacial score (nSPS) is 17.3. The molecule has 2 aromatic heterocycles. The van der Waals surface area contributed by atoms with Crippen molar-refractivity contribution in [1.82, 2.24) is 9.29 Å². The smallest absolute Gasteiger partial charge is 0.239 e. The average Bonchev–Trinajstić information content (AvgIpc) is 3.27. The maximum absolute atomic E-state index is 12.7. The zero-order valence-electron chi connectivity index (χ0n) is 14.7. The number of hydrogen-bond donors (Lipinski definition) is 2. The van der Waals surface area contributed by atoms with Crippen LogP contribution in [0.25, 0.3) is 10.4 Å². The third kappa shape index (κ3) is 4.15. The highest BCUT2D eigenvalue weighted by atomic mass is 35.5. The van der Waals surface area contributed by atoms with Gasteiger partial charge >= 0.3 is 0 Å². The van der Waals surface area contributed by atoms with Gasteiger partial charge in [-0.15, -0.1) is 17.3 Å². The van der Waals surface area contributed by atoms with Crippen molar-refractivity contribution in [3.05, 3.63) is 35.1 Å². The molecule has 7 nitrogen and oxygen atoms in total. The van der Waals surface area contributed by atoms with Crippen LogP contribution in [0.1, 0.15) is 12.5 Å². The zero-order valence-corrected chi connectivity index (χ0v) is 17.1. The summed E-state index contributed by atoms with van der Waals surface area (Å²) in [6.07, 6.45) is 3.47. The number of pyridine rings is 1. The van der Waals surface area contributed by atoms with Crippen molar-refractivity contribution < 1.29 is 9.29 Å². The van der Waals surface area contributed by atoms with Crippen LogP contribution in [0.4, 0.5) is 5.00 Å². The van der Waals surface area contributed by atoms with Crippen molar-refractivity contribution in [2.24, 2.45) is 5.73 Å². The van der Waals surface area contributed by atoms with E-state index < -0.39 is 16.7 Å². The molecule has 0 amide bonds. The molecular weight excluding hydrogens is 406 g/mol. The minimum atomic E-state index is -1.55. The Morgan fingerprint density at radius 3 is 3.04 bits per heavy atom. The summed E-state index contributed by atoms with van der Waals surface area (Å²) in [4.78, 5) is 7.00. The van der Waals surface area contributed by atoms with Gasteiger partial charge in [-0.3, -0.25) is 15.3 Å². The molecule has 1 aliphatic heterocycles. The Labute approximate surface area is 169 Å². The van der Waals surface area contributed by atoms with Gasteiger partial charge in [-0.05, 0) is 19.1 Å². The first-order valence-electron chi connectivity index (χ1n) is 7.92. The molecule has 0 bridgehead atoms. The molecule has 0 aliphatic carbocycles.